The van der Waals surface area contributed by atoms with Crippen molar-refractivity contribution < 1.29 is 9.13 Å². The van der Waals surface area contributed by atoms with E-state index in [9.17, 15) is 4.39 Å². The minimum absolute atomic E-state index is 0.00524. The number of hydrogen-bond donors (Lipinski definition) is 2. The predicted octanol–water partition coefficient (Wildman–Crippen LogP) is 3.32. The van der Waals surface area contributed by atoms with Gasteiger partial charge in [0.15, 0.2) is 5.96 Å². The normalized spacial score (nSPS) is 31.0. The van der Waals surface area contributed by atoms with Gasteiger partial charge < -0.3 is 15.4 Å². The molecule has 136 valence electrons. The average Bonchev–Trinajstić information content (AvgIpc) is 2.97. The van der Waals surface area contributed by atoms with Gasteiger partial charge >= 0.3 is 0 Å². The molecule has 25 heavy (non-hydrogen) atoms. The van der Waals surface area contributed by atoms with E-state index in [0.29, 0.717) is 29.0 Å². The van der Waals surface area contributed by atoms with Crippen molar-refractivity contribution in [3.05, 3.63) is 35.1 Å². The van der Waals surface area contributed by atoms with Crippen LogP contribution in [0.4, 0.5) is 4.39 Å². The molecule has 4 rings (SSSR count). The molecule has 5 heteroatoms. The Morgan fingerprint density at radius 3 is 2.84 bits per heavy atom. The first-order valence-electron chi connectivity index (χ1n) is 9.42. The van der Waals surface area contributed by atoms with Crippen LogP contribution < -0.4 is 10.6 Å². The Hall–Kier alpha value is -1.62. The van der Waals surface area contributed by atoms with Crippen molar-refractivity contribution in [3.63, 3.8) is 0 Å². The second-order valence-corrected chi connectivity index (χ2v) is 7.90. The fourth-order valence-electron chi connectivity index (χ4n) is 4.94. The topological polar surface area (TPSA) is 45.7 Å². The molecule has 3 fully saturated rings. The maximum atomic E-state index is 13.8. The summed E-state index contributed by atoms with van der Waals surface area (Å²) in [7, 11) is 1.80. The van der Waals surface area contributed by atoms with E-state index in [1.165, 1.54) is 19.3 Å². The molecule has 2 N–H and O–H groups in total. The third-order valence-electron chi connectivity index (χ3n) is 6.60. The van der Waals surface area contributed by atoms with E-state index in [4.69, 9.17) is 4.74 Å². The SMILES string of the molecule is CN=C(NC(C)c1ccc(C)c(F)c1)NC1C2CCOC2C12CCC2. The molecule has 1 saturated heterocycles. The van der Waals surface area contributed by atoms with Gasteiger partial charge in [0.25, 0.3) is 0 Å². The van der Waals surface area contributed by atoms with Gasteiger partial charge in [-0.1, -0.05) is 18.6 Å². The van der Waals surface area contributed by atoms with Gasteiger partial charge in [-0.3, -0.25) is 4.99 Å². The smallest absolute Gasteiger partial charge is 0.191 e. The lowest BCUT2D eigenvalue weighted by molar-refractivity contribution is -0.171. The number of benzene rings is 1. The number of nitrogens with zero attached hydrogens (tertiary/aromatic N) is 1. The zero-order valence-corrected chi connectivity index (χ0v) is 15.3. The van der Waals surface area contributed by atoms with Gasteiger partial charge in [0.2, 0.25) is 0 Å². The summed E-state index contributed by atoms with van der Waals surface area (Å²) in [5.41, 5.74) is 1.92. The monoisotopic (exact) mass is 345 g/mol. The van der Waals surface area contributed by atoms with Crippen LogP contribution in [0.3, 0.4) is 0 Å². The molecule has 0 aromatic heterocycles. The molecule has 3 aliphatic rings. The molecule has 2 aliphatic carbocycles. The van der Waals surface area contributed by atoms with Crippen molar-refractivity contribution in [2.75, 3.05) is 13.7 Å². The van der Waals surface area contributed by atoms with Gasteiger partial charge in [0.05, 0.1) is 12.1 Å². The zero-order chi connectivity index (χ0) is 17.6. The summed E-state index contributed by atoms with van der Waals surface area (Å²) in [6, 6.07) is 5.85. The number of halogens is 1. The van der Waals surface area contributed by atoms with Crippen LogP contribution in [0.15, 0.2) is 23.2 Å². The summed E-state index contributed by atoms with van der Waals surface area (Å²) in [6.07, 6.45) is 5.39. The number of guanidine groups is 1. The summed E-state index contributed by atoms with van der Waals surface area (Å²) < 4.78 is 19.8. The van der Waals surface area contributed by atoms with Crippen molar-refractivity contribution >= 4 is 5.96 Å². The number of hydrogen-bond acceptors (Lipinski definition) is 2. The molecule has 2 saturated carbocycles. The van der Waals surface area contributed by atoms with Gasteiger partial charge in [-0.15, -0.1) is 0 Å². The van der Waals surface area contributed by atoms with Gasteiger partial charge in [-0.05, 0) is 50.3 Å². The number of rotatable bonds is 3. The van der Waals surface area contributed by atoms with Crippen LogP contribution in [-0.2, 0) is 4.74 Å². The first-order valence-corrected chi connectivity index (χ1v) is 9.42. The predicted molar refractivity (Wildman–Crippen MR) is 97.1 cm³/mol. The highest BCUT2D eigenvalue weighted by Gasteiger charge is 2.66. The van der Waals surface area contributed by atoms with E-state index in [1.807, 2.05) is 19.1 Å². The zero-order valence-electron chi connectivity index (χ0n) is 15.3. The lowest BCUT2D eigenvalue weighted by atomic mass is 9.46. The molecule has 1 heterocycles. The molecule has 1 aromatic carbocycles. The number of aliphatic imine (C=N–C) groups is 1. The van der Waals surface area contributed by atoms with Crippen molar-refractivity contribution in [3.8, 4) is 0 Å². The molecule has 0 radical (unpaired) electrons. The van der Waals surface area contributed by atoms with E-state index in [-0.39, 0.29) is 11.9 Å². The maximum absolute atomic E-state index is 13.8. The lowest BCUT2D eigenvalue weighted by Gasteiger charge is -2.63. The fraction of sp³-hybridized carbons (Fsp3) is 0.650. The highest BCUT2D eigenvalue weighted by molar-refractivity contribution is 5.80. The molecule has 1 spiro atoms. The third-order valence-corrected chi connectivity index (χ3v) is 6.60. The largest absolute Gasteiger partial charge is 0.377 e. The average molecular weight is 345 g/mol. The highest BCUT2D eigenvalue weighted by atomic mass is 19.1. The molecular formula is C20H28FN3O. The summed E-state index contributed by atoms with van der Waals surface area (Å²) in [5.74, 6) is 1.24. The fourth-order valence-corrected chi connectivity index (χ4v) is 4.94. The summed E-state index contributed by atoms with van der Waals surface area (Å²) in [6.45, 7) is 4.71. The third kappa shape index (κ3) is 2.64. The van der Waals surface area contributed by atoms with Gasteiger partial charge in [0, 0.05) is 31.0 Å². The number of nitrogens with one attached hydrogen (secondary N) is 2. The Morgan fingerprint density at radius 2 is 2.20 bits per heavy atom. The quantitative estimate of drug-likeness (QED) is 0.652. The number of ether oxygens (including phenoxy) is 1. The second-order valence-electron chi connectivity index (χ2n) is 7.90. The summed E-state index contributed by atoms with van der Waals surface area (Å²) in [5, 5.41) is 7.09. The molecule has 1 aliphatic heterocycles. The first kappa shape index (κ1) is 16.8. The van der Waals surface area contributed by atoms with Gasteiger partial charge in [0.1, 0.15) is 5.82 Å². The van der Waals surface area contributed by atoms with Crippen LogP contribution >= 0.6 is 0 Å². The van der Waals surface area contributed by atoms with Crippen molar-refractivity contribution in [1.29, 1.82) is 0 Å². The summed E-state index contributed by atoms with van der Waals surface area (Å²) in [4.78, 5) is 4.41. The minimum Gasteiger partial charge on any atom is -0.377 e. The second kappa shape index (κ2) is 6.27. The number of aryl methyl sites for hydroxylation is 1. The van der Waals surface area contributed by atoms with E-state index < -0.39 is 0 Å². The number of fused-ring (bicyclic) bond motifs is 2. The summed E-state index contributed by atoms with van der Waals surface area (Å²) >= 11 is 0. The van der Waals surface area contributed by atoms with E-state index >= 15 is 0 Å². The highest BCUT2D eigenvalue weighted by Crippen LogP contribution is 2.62. The first-order chi connectivity index (χ1) is 12.0. The maximum Gasteiger partial charge on any atom is 0.191 e. The molecule has 0 amide bonds. The van der Waals surface area contributed by atoms with Crippen molar-refractivity contribution in [2.45, 2.75) is 57.7 Å². The van der Waals surface area contributed by atoms with Gasteiger partial charge in [-0.2, -0.15) is 0 Å². The molecule has 4 atom stereocenters. The van der Waals surface area contributed by atoms with Crippen LogP contribution in [0.2, 0.25) is 0 Å². The molecule has 1 aromatic rings. The lowest BCUT2D eigenvalue weighted by Crippen LogP contribution is -2.72. The Bertz CT molecular complexity index is 686. The van der Waals surface area contributed by atoms with Crippen molar-refractivity contribution in [2.24, 2.45) is 16.3 Å². The van der Waals surface area contributed by atoms with Crippen molar-refractivity contribution in [1.82, 2.24) is 10.6 Å². The van der Waals surface area contributed by atoms with Crippen LogP contribution in [-0.4, -0.2) is 31.8 Å². The minimum atomic E-state index is -0.160. The van der Waals surface area contributed by atoms with Crippen LogP contribution in [0.25, 0.3) is 0 Å². The van der Waals surface area contributed by atoms with Gasteiger partial charge in [-0.25, -0.2) is 4.39 Å². The Balaban J connectivity index is 1.43. The molecular weight excluding hydrogens is 317 g/mol. The Morgan fingerprint density at radius 1 is 1.40 bits per heavy atom. The molecule has 4 unspecified atom stereocenters. The Labute approximate surface area is 149 Å². The molecule has 0 bridgehead atoms. The van der Waals surface area contributed by atoms with E-state index in [1.54, 1.807) is 20.0 Å². The molecule has 4 nitrogen and oxygen atoms in total. The Kier molecular flexibility index (Phi) is 4.22. The van der Waals surface area contributed by atoms with E-state index in [0.717, 1.165) is 24.6 Å². The van der Waals surface area contributed by atoms with Crippen LogP contribution in [0.5, 0.6) is 0 Å². The van der Waals surface area contributed by atoms with Crippen LogP contribution in [0, 0.1) is 24.1 Å². The van der Waals surface area contributed by atoms with Crippen LogP contribution in [0.1, 0.15) is 49.8 Å². The van der Waals surface area contributed by atoms with E-state index in [2.05, 4.69) is 15.6 Å². The standard InChI is InChI=1S/C20H28FN3O/c1-12-5-6-14(11-16(12)21)13(2)23-19(22-3)24-17-15-7-10-25-18(15)20(17)8-4-9-20/h5-6,11,13,15,17-18H,4,7-10H2,1-3H3,(H2,22,23,24).